The molecule has 0 amide bonds. The van der Waals surface area contributed by atoms with Crippen molar-refractivity contribution in [2.45, 2.75) is 287 Å². The normalized spacial score (nSPS) is 13.3. The van der Waals surface area contributed by atoms with Gasteiger partial charge in [0, 0.05) is 48.7 Å². The summed E-state index contributed by atoms with van der Waals surface area (Å²) in [5.74, 6) is 4.99. The molecular weight excluding hydrogens is 1380 g/mol. The summed E-state index contributed by atoms with van der Waals surface area (Å²) in [6.07, 6.45) is 23.9. The molecule has 105 heavy (non-hydrogen) atoms. The van der Waals surface area contributed by atoms with Crippen LogP contribution in [0.25, 0.3) is 0 Å². The molecule has 4 unspecified atom stereocenters. The quantitative estimate of drug-likeness (QED) is 0.0173. The zero-order valence-corrected chi connectivity index (χ0v) is 69.4. The van der Waals surface area contributed by atoms with Crippen LogP contribution in [-0.4, -0.2) is 106 Å². The Kier molecular flexibility index (Phi) is 60.6. The van der Waals surface area contributed by atoms with E-state index in [0.29, 0.717) is 148 Å². The van der Waals surface area contributed by atoms with Gasteiger partial charge in [0.2, 0.25) is 0 Å². The van der Waals surface area contributed by atoms with E-state index >= 15 is 0 Å². The van der Waals surface area contributed by atoms with E-state index in [9.17, 15) is 21.0 Å². The van der Waals surface area contributed by atoms with Gasteiger partial charge in [-0.1, -0.05) is 209 Å². The molecule has 4 rings (SSSR count). The van der Waals surface area contributed by atoms with Gasteiger partial charge in [-0.3, -0.25) is 0 Å². The van der Waals surface area contributed by atoms with Gasteiger partial charge in [-0.15, -0.1) is 0 Å². The van der Waals surface area contributed by atoms with Crippen LogP contribution >= 0.6 is 0 Å². The summed E-state index contributed by atoms with van der Waals surface area (Å²) in [6.45, 7) is 40.2. The summed E-state index contributed by atoms with van der Waals surface area (Å²) in [6, 6.07) is 22.4. The largest absolute Gasteiger partial charge is 4.00 e. The van der Waals surface area contributed by atoms with E-state index in [1.807, 2.05) is 72.8 Å². The molecule has 0 N–H and O–H groups in total. The maximum atomic E-state index is 11.6. The minimum atomic E-state index is -1.13. The second kappa shape index (κ2) is 63.3. The predicted octanol–water partition coefficient (Wildman–Crippen LogP) is 17.5. The van der Waals surface area contributed by atoms with E-state index in [4.69, 9.17) is 56.8 Å². The predicted molar refractivity (Wildman–Crippen MR) is 406 cm³/mol. The van der Waals surface area contributed by atoms with Gasteiger partial charge in [-0.25, -0.2) is 0 Å². The molecule has 600 valence electrons. The summed E-state index contributed by atoms with van der Waals surface area (Å²) in [5.41, 5.74) is -1.80. The van der Waals surface area contributed by atoms with Crippen LogP contribution in [-0.2, 0) is 82.6 Å². The Morgan fingerprint density at radius 2 is 0.381 bits per heavy atom. The zero-order valence-electron chi connectivity index (χ0n) is 67.9. The van der Waals surface area contributed by atoms with Gasteiger partial charge in [0.25, 0.3) is 0 Å². The topological polar surface area (TPSA) is 240 Å². The molecule has 0 radical (unpaired) electrons. The SMILES string of the molecule is CCCCOCC(C)(O[O-])c1cccc(OCCCC)c1OCCCC.CCCCOCC(C)(O[O-])c1cccc(OCCCC)c1OCCCC.CCCCOCC(C)(O[O-])c1cccc(OCCCC)c1OCCCC.CCCCOCC(C)(O[O-])c1cccc(OCCCC)c1OCCCC.[Ti+4]. The van der Waals surface area contributed by atoms with E-state index in [2.05, 4.69) is 103 Å². The molecule has 0 bridgehead atoms. The van der Waals surface area contributed by atoms with Crippen molar-refractivity contribution >= 4 is 0 Å². The second-order valence-electron chi connectivity index (χ2n) is 27.0. The van der Waals surface area contributed by atoms with Crippen LogP contribution in [0.3, 0.4) is 0 Å². The molecule has 0 heterocycles. The van der Waals surface area contributed by atoms with Crippen molar-refractivity contribution in [1.82, 2.24) is 0 Å². The summed E-state index contributed by atoms with van der Waals surface area (Å²) >= 11 is 0. The van der Waals surface area contributed by atoms with Gasteiger partial charge in [0.05, 0.1) is 79.3 Å². The Balaban J connectivity index is 0.00000137. The van der Waals surface area contributed by atoms with Crippen molar-refractivity contribution in [2.75, 3.05) is 106 Å². The number of rotatable bonds is 60. The van der Waals surface area contributed by atoms with Crippen LogP contribution in [0.2, 0.25) is 0 Å². The van der Waals surface area contributed by atoms with Crippen molar-refractivity contribution in [2.24, 2.45) is 0 Å². The average molecular weight is 1520 g/mol. The van der Waals surface area contributed by atoms with Gasteiger partial charge in [0.15, 0.2) is 46.0 Å². The minimum Gasteiger partial charge on any atom is -0.723 e. The van der Waals surface area contributed by atoms with Crippen LogP contribution in [0, 0.1) is 0 Å². The summed E-state index contributed by atoms with van der Waals surface area (Å²) in [4.78, 5) is 18.5. The fraction of sp³-hybridized carbons (Fsp3) is 0.714. The molecule has 4 aromatic rings. The number of hydrogen-bond acceptors (Lipinski definition) is 20. The number of benzene rings is 4. The molecule has 4 aromatic carbocycles. The smallest absolute Gasteiger partial charge is 0.723 e. The maximum Gasteiger partial charge on any atom is 4.00 e. The Hall–Kier alpha value is -4.49. The molecule has 0 saturated heterocycles. The first-order valence-corrected chi connectivity index (χ1v) is 39.6. The number of hydrogen-bond donors (Lipinski definition) is 0. The van der Waals surface area contributed by atoms with Gasteiger partial charge in [-0.2, -0.15) is 0 Å². The van der Waals surface area contributed by atoms with Crippen molar-refractivity contribution in [3.05, 3.63) is 95.1 Å². The van der Waals surface area contributed by atoms with E-state index < -0.39 is 22.4 Å². The second-order valence-corrected chi connectivity index (χ2v) is 27.0. The minimum absolute atomic E-state index is 0. The van der Waals surface area contributed by atoms with E-state index in [-0.39, 0.29) is 48.1 Å². The van der Waals surface area contributed by atoms with E-state index in [1.165, 1.54) is 0 Å². The molecule has 0 aliphatic carbocycles. The summed E-state index contributed by atoms with van der Waals surface area (Å²) in [7, 11) is 0. The summed E-state index contributed by atoms with van der Waals surface area (Å²) in [5, 5.41) is 46.4. The Morgan fingerprint density at radius 3 is 0.533 bits per heavy atom. The molecule has 4 atom stereocenters. The Labute approximate surface area is 649 Å². The molecule has 0 spiro atoms. The Bertz CT molecular complexity index is 2330. The fourth-order valence-electron chi connectivity index (χ4n) is 10.00. The Morgan fingerprint density at radius 1 is 0.229 bits per heavy atom. The van der Waals surface area contributed by atoms with E-state index in [0.717, 1.165) is 154 Å². The first-order valence-electron chi connectivity index (χ1n) is 39.6. The first-order chi connectivity index (χ1) is 50.5. The van der Waals surface area contributed by atoms with Crippen LogP contribution < -0.4 is 58.9 Å². The van der Waals surface area contributed by atoms with Gasteiger partial charge in [-0.05, 0) is 129 Å². The molecule has 0 aliphatic heterocycles. The van der Waals surface area contributed by atoms with Gasteiger partial charge >= 0.3 is 21.7 Å². The van der Waals surface area contributed by atoms with Crippen molar-refractivity contribution in [3.63, 3.8) is 0 Å². The van der Waals surface area contributed by atoms with Crippen molar-refractivity contribution in [3.8, 4) is 46.0 Å². The third-order valence-corrected chi connectivity index (χ3v) is 17.0. The van der Waals surface area contributed by atoms with Crippen LogP contribution in [0.1, 0.15) is 287 Å². The average Bonchev–Trinajstić information content (AvgIpc) is 0.822. The molecule has 0 fully saturated rings. The van der Waals surface area contributed by atoms with Gasteiger partial charge < -0.3 is 97.4 Å². The van der Waals surface area contributed by atoms with Gasteiger partial charge in [0.1, 0.15) is 22.4 Å². The molecule has 0 aliphatic rings. The van der Waals surface area contributed by atoms with Crippen molar-refractivity contribution < 1.29 is 119 Å². The monoisotopic (exact) mass is 1520 g/mol. The number of unbranched alkanes of at least 4 members (excludes halogenated alkanes) is 12. The number of ether oxygens (including phenoxy) is 12. The fourth-order valence-corrected chi connectivity index (χ4v) is 10.00. The molecule has 21 heteroatoms. The van der Waals surface area contributed by atoms with Crippen LogP contribution in [0.4, 0.5) is 0 Å². The van der Waals surface area contributed by atoms with E-state index in [1.54, 1.807) is 27.7 Å². The third kappa shape index (κ3) is 39.1. The molecular formula is C84H140O20Ti. The first kappa shape index (κ1) is 101. The third-order valence-electron chi connectivity index (χ3n) is 17.0. The summed E-state index contributed by atoms with van der Waals surface area (Å²) < 4.78 is 70.4. The molecule has 0 aromatic heterocycles. The van der Waals surface area contributed by atoms with Crippen molar-refractivity contribution in [1.29, 1.82) is 0 Å². The molecule has 0 saturated carbocycles. The maximum absolute atomic E-state index is 11.6. The molecule has 20 nitrogen and oxygen atoms in total. The standard InChI is InChI=1S/4C21H36O5.Ti/c4*1-5-8-14-23-17-21(4,26-22)18-12-11-13-19(24-15-9-6-2)20(18)25-16-10-7-3;/h4*11-13,22H,5-10,14-17H2,1-4H3;/q;;;;+4/p-4. The van der Waals surface area contributed by atoms with Crippen LogP contribution in [0.5, 0.6) is 46.0 Å². The zero-order chi connectivity index (χ0) is 77.0. The van der Waals surface area contributed by atoms with Crippen LogP contribution in [0.15, 0.2) is 72.8 Å². The number of para-hydroxylation sites is 4.